The van der Waals surface area contributed by atoms with Gasteiger partial charge in [0.05, 0.1) is 6.61 Å². The van der Waals surface area contributed by atoms with Crippen LogP contribution in [0.4, 0.5) is 0 Å². The Morgan fingerprint density at radius 1 is 0.875 bits per heavy atom. The van der Waals surface area contributed by atoms with Gasteiger partial charge in [-0.25, -0.2) is 4.79 Å². The van der Waals surface area contributed by atoms with Gasteiger partial charge in [0, 0.05) is 0 Å². The topological polar surface area (TPSA) is 207 Å². The number of aliphatic hydroxyl groups excluding tert-OH is 7. The highest BCUT2D eigenvalue weighted by Crippen LogP contribution is 2.28. The minimum Gasteiger partial charge on any atom is -0.479 e. The third kappa shape index (κ3) is 3.52. The Balaban J connectivity index is 2.10. The number of carboxylic acid groups (broad SMARTS) is 1. The molecule has 24 heavy (non-hydrogen) atoms. The van der Waals surface area contributed by atoms with Crippen LogP contribution >= 0.6 is 0 Å². The SMILES string of the molecule is O=C(O)[C@H]1OC(O)[C@H](O[C@@H]2O[C@H](CO)[C@H](O)[C@H](O)[C@H]2O)[C@@H](O)[C@H]1O. The molecular weight excluding hydrogens is 336 g/mol. The fraction of sp³-hybridized carbons (Fsp3) is 0.917. The molecule has 2 aliphatic rings. The van der Waals surface area contributed by atoms with Crippen LogP contribution < -0.4 is 0 Å². The van der Waals surface area contributed by atoms with Crippen molar-refractivity contribution < 1.29 is 59.9 Å². The van der Waals surface area contributed by atoms with Crippen molar-refractivity contribution in [3.05, 3.63) is 0 Å². The maximum Gasteiger partial charge on any atom is 0.335 e. The Morgan fingerprint density at radius 3 is 2.04 bits per heavy atom. The Kier molecular flexibility index (Phi) is 6.09. The maximum absolute atomic E-state index is 10.9. The minimum atomic E-state index is -1.99. The summed E-state index contributed by atoms with van der Waals surface area (Å²) in [6.45, 7) is -0.721. The summed E-state index contributed by atoms with van der Waals surface area (Å²) in [7, 11) is 0. The number of ether oxygens (including phenoxy) is 3. The molecule has 0 radical (unpaired) electrons. The Labute approximate surface area is 135 Å². The van der Waals surface area contributed by atoms with Gasteiger partial charge < -0.3 is 55.1 Å². The first-order valence-electron chi connectivity index (χ1n) is 7.07. The highest BCUT2D eigenvalue weighted by atomic mass is 16.7. The Bertz CT molecular complexity index is 444. The third-order valence-corrected chi connectivity index (χ3v) is 3.95. The molecule has 12 heteroatoms. The fourth-order valence-corrected chi connectivity index (χ4v) is 2.54. The van der Waals surface area contributed by atoms with Crippen LogP contribution in [0.25, 0.3) is 0 Å². The lowest BCUT2D eigenvalue weighted by Gasteiger charge is -2.44. The highest BCUT2D eigenvalue weighted by molar-refractivity contribution is 5.73. The molecule has 0 spiro atoms. The van der Waals surface area contributed by atoms with Crippen LogP contribution in [-0.4, -0.2) is 115 Å². The van der Waals surface area contributed by atoms with Crippen molar-refractivity contribution in [2.45, 2.75) is 61.4 Å². The molecule has 2 saturated heterocycles. The molecule has 0 aromatic carbocycles. The van der Waals surface area contributed by atoms with Crippen LogP contribution in [0, 0.1) is 0 Å². The van der Waals surface area contributed by atoms with Gasteiger partial charge in [-0.1, -0.05) is 0 Å². The second-order valence-electron chi connectivity index (χ2n) is 5.56. The summed E-state index contributed by atoms with van der Waals surface area (Å²) in [4.78, 5) is 10.9. The monoisotopic (exact) mass is 356 g/mol. The maximum atomic E-state index is 10.9. The van der Waals surface area contributed by atoms with E-state index in [2.05, 4.69) is 4.74 Å². The molecule has 2 fully saturated rings. The largest absolute Gasteiger partial charge is 0.479 e. The van der Waals surface area contributed by atoms with Gasteiger partial charge in [-0.15, -0.1) is 0 Å². The molecule has 12 nitrogen and oxygen atoms in total. The van der Waals surface area contributed by atoms with Gasteiger partial charge in [-0.2, -0.15) is 0 Å². The first-order chi connectivity index (χ1) is 11.2. The predicted molar refractivity (Wildman–Crippen MR) is 69.2 cm³/mol. The average molecular weight is 356 g/mol. The zero-order valence-corrected chi connectivity index (χ0v) is 12.2. The van der Waals surface area contributed by atoms with Gasteiger partial charge in [-0.05, 0) is 0 Å². The molecule has 10 atom stereocenters. The normalized spacial score (nSPS) is 49.8. The van der Waals surface area contributed by atoms with E-state index < -0.39 is 74.0 Å². The molecule has 2 heterocycles. The summed E-state index contributed by atoms with van der Waals surface area (Å²) in [6, 6.07) is 0. The van der Waals surface area contributed by atoms with Crippen molar-refractivity contribution in [3.8, 4) is 0 Å². The average Bonchev–Trinajstić information content (AvgIpc) is 2.54. The van der Waals surface area contributed by atoms with E-state index >= 15 is 0 Å². The second kappa shape index (κ2) is 7.53. The van der Waals surface area contributed by atoms with Crippen molar-refractivity contribution in [2.24, 2.45) is 0 Å². The zero-order valence-electron chi connectivity index (χ0n) is 12.2. The van der Waals surface area contributed by atoms with Crippen LogP contribution in [0.5, 0.6) is 0 Å². The van der Waals surface area contributed by atoms with Crippen molar-refractivity contribution in [3.63, 3.8) is 0 Å². The predicted octanol–water partition coefficient (Wildman–Crippen LogP) is -5.30. The summed E-state index contributed by atoms with van der Waals surface area (Å²) < 4.78 is 14.8. The minimum absolute atomic E-state index is 0.721. The van der Waals surface area contributed by atoms with Crippen molar-refractivity contribution in [1.82, 2.24) is 0 Å². The summed E-state index contributed by atoms with van der Waals surface area (Å²) >= 11 is 0. The molecule has 0 aromatic rings. The number of carbonyl (C=O) groups is 1. The van der Waals surface area contributed by atoms with E-state index in [0.29, 0.717) is 0 Å². The summed E-state index contributed by atoms with van der Waals surface area (Å²) in [5.74, 6) is -1.62. The number of aliphatic hydroxyl groups is 7. The van der Waals surface area contributed by atoms with E-state index in [1.54, 1.807) is 0 Å². The zero-order chi connectivity index (χ0) is 18.2. The van der Waals surface area contributed by atoms with Crippen molar-refractivity contribution >= 4 is 5.97 Å². The first-order valence-corrected chi connectivity index (χ1v) is 7.07. The molecule has 0 bridgehead atoms. The lowest BCUT2D eigenvalue weighted by molar-refractivity contribution is -0.358. The molecule has 2 aliphatic heterocycles. The smallest absolute Gasteiger partial charge is 0.335 e. The van der Waals surface area contributed by atoms with Gasteiger partial charge in [0.15, 0.2) is 18.7 Å². The molecular formula is C12H20O12. The van der Waals surface area contributed by atoms with E-state index in [-0.39, 0.29) is 0 Å². The first kappa shape index (κ1) is 19.4. The number of rotatable bonds is 4. The van der Waals surface area contributed by atoms with E-state index in [9.17, 15) is 35.4 Å². The van der Waals surface area contributed by atoms with Crippen molar-refractivity contribution in [2.75, 3.05) is 6.61 Å². The van der Waals surface area contributed by atoms with Gasteiger partial charge in [-0.3, -0.25) is 0 Å². The Morgan fingerprint density at radius 2 is 1.50 bits per heavy atom. The van der Waals surface area contributed by atoms with Crippen molar-refractivity contribution in [1.29, 1.82) is 0 Å². The molecule has 0 amide bonds. The summed E-state index contributed by atoms with van der Waals surface area (Å²) in [6.07, 6.45) is -17.7. The number of carboxylic acids is 1. The van der Waals surface area contributed by atoms with Crippen LogP contribution in [0.15, 0.2) is 0 Å². The lowest BCUT2D eigenvalue weighted by Crippen LogP contribution is -2.64. The Hall–Kier alpha value is -0.930. The summed E-state index contributed by atoms with van der Waals surface area (Å²) in [5.41, 5.74) is 0. The molecule has 0 aliphatic carbocycles. The van der Waals surface area contributed by atoms with Crippen LogP contribution in [0.2, 0.25) is 0 Å². The molecule has 8 N–H and O–H groups in total. The lowest BCUT2D eigenvalue weighted by atomic mass is 9.97. The highest BCUT2D eigenvalue weighted by Gasteiger charge is 2.51. The number of hydrogen-bond donors (Lipinski definition) is 8. The van der Waals surface area contributed by atoms with E-state index in [1.807, 2.05) is 0 Å². The molecule has 140 valence electrons. The van der Waals surface area contributed by atoms with E-state index in [1.165, 1.54) is 0 Å². The van der Waals surface area contributed by atoms with Crippen LogP contribution in [0.1, 0.15) is 0 Å². The standard InChI is InChI=1S/C12H20O12/c13-1-2-3(14)4(15)7(18)12(22-2)24-9-6(17)5(16)8(10(19)20)23-11(9)21/h2-9,11-18,21H,1H2,(H,19,20)/t2-,3+,4+,5-,6+,7-,8+,9-,11?,12+/m1/s1. The number of hydrogen-bond acceptors (Lipinski definition) is 11. The van der Waals surface area contributed by atoms with Crippen LogP contribution in [-0.2, 0) is 19.0 Å². The van der Waals surface area contributed by atoms with Gasteiger partial charge in [0.1, 0.15) is 42.7 Å². The van der Waals surface area contributed by atoms with Gasteiger partial charge >= 0.3 is 5.97 Å². The third-order valence-electron chi connectivity index (χ3n) is 3.95. The molecule has 0 saturated carbocycles. The van der Waals surface area contributed by atoms with E-state index in [4.69, 9.17) is 19.7 Å². The molecule has 1 unspecified atom stereocenters. The van der Waals surface area contributed by atoms with Gasteiger partial charge in [0.25, 0.3) is 0 Å². The van der Waals surface area contributed by atoms with Gasteiger partial charge in [0.2, 0.25) is 0 Å². The quantitative estimate of drug-likeness (QED) is 0.238. The second-order valence-corrected chi connectivity index (χ2v) is 5.56. The fourth-order valence-electron chi connectivity index (χ4n) is 2.54. The molecule has 0 aromatic heterocycles. The summed E-state index contributed by atoms with van der Waals surface area (Å²) in [5, 5.41) is 76.4. The number of aliphatic carboxylic acids is 1. The molecule has 2 rings (SSSR count). The van der Waals surface area contributed by atoms with Crippen LogP contribution in [0.3, 0.4) is 0 Å². The van der Waals surface area contributed by atoms with E-state index in [0.717, 1.165) is 0 Å².